The predicted octanol–water partition coefficient (Wildman–Crippen LogP) is 6.41. The summed E-state index contributed by atoms with van der Waals surface area (Å²) in [6, 6.07) is 13.8. The van der Waals surface area contributed by atoms with Crippen LogP contribution in [0.4, 0.5) is 0 Å². The summed E-state index contributed by atoms with van der Waals surface area (Å²) in [5, 5.41) is 22.0. The molecule has 0 aliphatic heterocycles. The number of imidazole rings is 1. The Bertz CT molecular complexity index is 1890. The van der Waals surface area contributed by atoms with Crippen LogP contribution in [-0.2, 0) is 21.5 Å². The lowest BCUT2D eigenvalue weighted by atomic mass is 9.98. The Morgan fingerprint density at radius 1 is 1.19 bits per heavy atom. The molecule has 0 amide bonds. The molecule has 42 heavy (non-hydrogen) atoms. The molecule has 0 spiro atoms. The number of aliphatic hydroxyl groups excluding tert-OH is 1. The van der Waals surface area contributed by atoms with Crippen LogP contribution in [0.3, 0.4) is 0 Å². The molecule has 0 bridgehead atoms. The van der Waals surface area contributed by atoms with Gasteiger partial charge in [0.1, 0.15) is 23.4 Å². The van der Waals surface area contributed by atoms with Crippen LogP contribution in [0.15, 0.2) is 66.4 Å². The molecule has 2 aromatic carbocycles. The maximum atomic E-state index is 14.0. The first-order valence-corrected chi connectivity index (χ1v) is 19.3. The number of aliphatic hydroxyl groups is 1. The second kappa shape index (κ2) is 11.0. The molecule has 1 N–H and O–H groups in total. The van der Waals surface area contributed by atoms with Crippen LogP contribution < -0.4 is 0 Å². The molecule has 0 fully saturated rings. The van der Waals surface area contributed by atoms with Crippen molar-refractivity contribution < 1.29 is 18.3 Å². The third-order valence-corrected chi connectivity index (χ3v) is 12.0. The lowest BCUT2D eigenvalue weighted by Crippen LogP contribution is -2.38. The Morgan fingerprint density at radius 3 is 2.64 bits per heavy atom. The normalized spacial score (nSPS) is 18.4. The molecule has 2 heterocycles. The highest BCUT2D eigenvalue weighted by atomic mass is 32.2. The molecule has 1 aliphatic carbocycles. The average Bonchev–Trinajstić information content (AvgIpc) is 3.53. The number of aryl methyl sites for hydroxylation is 1. The standard InChI is InChI=1S/C32H38N4O4SSi/c1-22-8-7-14-32(3,19-22)41(38,39)36-15-13-25-26(11-9-23(2)29(25)36)30(37)31-34-27-12-10-24(20-33)18-28(27)35(31)21-40-16-17-42(4,5)6/h7-13,15,18-19,30,37H,14,16-17,21H2,1-6H3. The molecule has 2 atom stereocenters. The maximum absolute atomic E-state index is 14.0. The second-order valence-electron chi connectivity index (χ2n) is 12.6. The highest BCUT2D eigenvalue weighted by Gasteiger charge is 2.40. The molecule has 2 unspecified atom stereocenters. The Morgan fingerprint density at radius 2 is 1.95 bits per heavy atom. The van der Waals surface area contributed by atoms with Gasteiger partial charge in [0.15, 0.2) is 0 Å². The van der Waals surface area contributed by atoms with Gasteiger partial charge in [0.25, 0.3) is 0 Å². The van der Waals surface area contributed by atoms with Crippen molar-refractivity contribution in [1.29, 1.82) is 5.26 Å². The molecule has 1 aliphatic rings. The number of hydrogen-bond donors (Lipinski definition) is 1. The molecule has 2 aromatic heterocycles. The van der Waals surface area contributed by atoms with Crippen molar-refractivity contribution in [2.24, 2.45) is 0 Å². The summed E-state index contributed by atoms with van der Waals surface area (Å²) < 4.78 is 36.2. The van der Waals surface area contributed by atoms with E-state index in [4.69, 9.17) is 9.72 Å². The number of nitriles is 1. The molecule has 10 heteroatoms. The van der Waals surface area contributed by atoms with Crippen LogP contribution in [-0.4, -0.2) is 46.5 Å². The van der Waals surface area contributed by atoms with Gasteiger partial charge >= 0.3 is 0 Å². The molecular weight excluding hydrogens is 565 g/mol. The van der Waals surface area contributed by atoms with Crippen molar-refractivity contribution >= 4 is 40.0 Å². The molecule has 5 rings (SSSR count). The number of fused-ring (bicyclic) bond motifs is 2. The minimum absolute atomic E-state index is 0.171. The van der Waals surface area contributed by atoms with Gasteiger partial charge in [0.05, 0.1) is 28.2 Å². The highest BCUT2D eigenvalue weighted by molar-refractivity contribution is 7.91. The summed E-state index contributed by atoms with van der Waals surface area (Å²) in [5.41, 5.74) is 4.59. The SMILES string of the molecule is CC1=CC(C)(S(=O)(=O)n2ccc3c(C(O)c4nc5ccc(C#N)cc5n4COCC[Si](C)(C)C)ccc(C)c32)CC=C1. The minimum Gasteiger partial charge on any atom is -0.380 e. The average molecular weight is 603 g/mol. The van der Waals surface area contributed by atoms with E-state index >= 15 is 0 Å². The van der Waals surface area contributed by atoms with Gasteiger partial charge < -0.3 is 14.4 Å². The van der Waals surface area contributed by atoms with Crippen LogP contribution in [0, 0.1) is 18.3 Å². The number of allylic oxidation sites excluding steroid dienone is 3. The third-order valence-electron chi connectivity index (χ3n) is 8.00. The van der Waals surface area contributed by atoms with Gasteiger partial charge in [-0.25, -0.2) is 17.4 Å². The Hall–Kier alpha value is -3.49. The number of nitrogens with zero attached hydrogens (tertiary/aromatic N) is 4. The predicted molar refractivity (Wildman–Crippen MR) is 170 cm³/mol. The number of ether oxygens (including phenoxy) is 1. The van der Waals surface area contributed by atoms with Gasteiger partial charge in [0.2, 0.25) is 10.0 Å². The fourth-order valence-electron chi connectivity index (χ4n) is 5.56. The molecular formula is C32H38N4O4SSi. The van der Waals surface area contributed by atoms with E-state index in [0.717, 1.165) is 17.2 Å². The van der Waals surface area contributed by atoms with E-state index in [-0.39, 0.29) is 6.73 Å². The lowest BCUT2D eigenvalue weighted by Gasteiger charge is -2.29. The van der Waals surface area contributed by atoms with Crippen molar-refractivity contribution in [3.8, 4) is 6.07 Å². The fraction of sp³-hybridized carbons (Fsp3) is 0.375. The zero-order valence-corrected chi connectivity index (χ0v) is 26.9. The molecule has 4 aromatic rings. The molecule has 220 valence electrons. The summed E-state index contributed by atoms with van der Waals surface area (Å²) in [5.74, 6) is 0.372. The maximum Gasteiger partial charge on any atom is 0.248 e. The van der Waals surface area contributed by atoms with Crippen LogP contribution in [0.2, 0.25) is 25.7 Å². The topological polar surface area (TPSA) is 110 Å². The van der Waals surface area contributed by atoms with Crippen LogP contribution in [0.25, 0.3) is 21.9 Å². The summed E-state index contributed by atoms with van der Waals surface area (Å²) in [4.78, 5) is 4.76. The van der Waals surface area contributed by atoms with E-state index in [1.165, 1.54) is 3.97 Å². The van der Waals surface area contributed by atoms with Crippen LogP contribution in [0.1, 0.15) is 48.9 Å². The Labute approximate surface area is 248 Å². The summed E-state index contributed by atoms with van der Waals surface area (Å²) in [6.07, 6.45) is 6.43. The number of benzene rings is 2. The van der Waals surface area contributed by atoms with Crippen LogP contribution in [0.5, 0.6) is 0 Å². The zero-order chi connectivity index (χ0) is 30.4. The van der Waals surface area contributed by atoms with Crippen LogP contribution >= 0.6 is 0 Å². The third kappa shape index (κ3) is 5.38. The van der Waals surface area contributed by atoms with E-state index in [2.05, 4.69) is 25.7 Å². The molecule has 0 saturated heterocycles. The number of aromatic nitrogens is 3. The van der Waals surface area contributed by atoms with Gasteiger partial charge in [-0.05, 0) is 68.6 Å². The summed E-state index contributed by atoms with van der Waals surface area (Å²) in [7, 11) is -5.14. The van der Waals surface area contributed by atoms with Crippen molar-refractivity contribution in [3.05, 3.63) is 88.9 Å². The highest BCUT2D eigenvalue weighted by Crippen LogP contribution is 2.37. The molecule has 0 radical (unpaired) electrons. The van der Waals surface area contributed by atoms with E-state index in [1.54, 1.807) is 37.4 Å². The van der Waals surface area contributed by atoms with Gasteiger partial charge in [-0.15, -0.1) is 0 Å². The van der Waals surface area contributed by atoms with Gasteiger partial charge in [-0.1, -0.05) is 55.6 Å². The van der Waals surface area contributed by atoms with E-state index in [9.17, 15) is 18.8 Å². The molecule has 8 nitrogen and oxygen atoms in total. The van der Waals surface area contributed by atoms with Gasteiger partial charge in [-0.3, -0.25) is 0 Å². The number of hydrogen-bond acceptors (Lipinski definition) is 6. The summed E-state index contributed by atoms with van der Waals surface area (Å²) >= 11 is 0. The number of rotatable bonds is 9. The first kappa shape index (κ1) is 30.0. The van der Waals surface area contributed by atoms with Crippen molar-refractivity contribution in [2.75, 3.05) is 6.61 Å². The first-order chi connectivity index (χ1) is 19.8. The van der Waals surface area contributed by atoms with Gasteiger partial charge in [-0.2, -0.15) is 5.26 Å². The van der Waals surface area contributed by atoms with Crippen molar-refractivity contribution in [3.63, 3.8) is 0 Å². The van der Waals surface area contributed by atoms with E-state index < -0.39 is 28.9 Å². The quantitative estimate of drug-likeness (QED) is 0.175. The summed E-state index contributed by atoms with van der Waals surface area (Å²) in [6.45, 7) is 13.1. The smallest absolute Gasteiger partial charge is 0.248 e. The van der Waals surface area contributed by atoms with Crippen molar-refractivity contribution in [1.82, 2.24) is 13.5 Å². The largest absolute Gasteiger partial charge is 0.380 e. The van der Waals surface area contributed by atoms with E-state index in [0.29, 0.717) is 51.9 Å². The fourth-order valence-corrected chi connectivity index (χ4v) is 8.11. The monoisotopic (exact) mass is 602 g/mol. The van der Waals surface area contributed by atoms with E-state index in [1.807, 2.05) is 48.8 Å². The Kier molecular flexibility index (Phi) is 7.83. The lowest BCUT2D eigenvalue weighted by molar-refractivity contribution is 0.0816. The molecule has 0 saturated carbocycles. The van der Waals surface area contributed by atoms with Crippen molar-refractivity contribution in [2.45, 2.75) is 70.5 Å². The zero-order valence-electron chi connectivity index (χ0n) is 25.0. The Balaban J connectivity index is 1.60. The second-order valence-corrected chi connectivity index (χ2v) is 20.5. The minimum atomic E-state index is -3.83. The first-order valence-electron chi connectivity index (χ1n) is 14.1. The van der Waals surface area contributed by atoms with Gasteiger partial charge in [0, 0.05) is 26.3 Å².